The van der Waals surface area contributed by atoms with Gasteiger partial charge in [-0.05, 0) is 26.1 Å². The van der Waals surface area contributed by atoms with Gasteiger partial charge in [-0.2, -0.15) is 0 Å². The first-order valence-corrected chi connectivity index (χ1v) is 6.03. The second-order valence-corrected chi connectivity index (χ2v) is 6.20. The molecule has 1 heterocycles. The minimum atomic E-state index is 0.160. The van der Waals surface area contributed by atoms with Gasteiger partial charge in [0.25, 0.3) is 0 Å². The maximum Gasteiger partial charge on any atom is 0.0934 e. The van der Waals surface area contributed by atoms with Gasteiger partial charge in [-0.1, -0.05) is 13.8 Å². The number of hydrogen-bond acceptors (Lipinski definition) is 4. The third kappa shape index (κ3) is 4.28. The van der Waals surface area contributed by atoms with Crippen LogP contribution in [0.1, 0.15) is 23.7 Å². The third-order valence-electron chi connectivity index (χ3n) is 2.26. The summed E-state index contributed by atoms with van der Waals surface area (Å²) in [5, 5.41) is 1.20. The molecular formula is C11H21N3S. The molecule has 1 rings (SSSR count). The van der Waals surface area contributed by atoms with Crippen LogP contribution in [0.5, 0.6) is 0 Å². The number of hydrogen-bond donors (Lipinski definition) is 1. The summed E-state index contributed by atoms with van der Waals surface area (Å²) in [6.45, 7) is 6.04. The SMILES string of the molecule is CN(C)Cc1cnc(CC(C)(C)CN)s1. The predicted octanol–water partition coefficient (Wildman–Crippen LogP) is 1.73. The molecule has 4 heteroatoms. The molecule has 0 aliphatic carbocycles. The van der Waals surface area contributed by atoms with Crippen LogP contribution in [0.25, 0.3) is 0 Å². The van der Waals surface area contributed by atoms with E-state index in [4.69, 9.17) is 5.73 Å². The first-order chi connectivity index (χ1) is 6.93. The van der Waals surface area contributed by atoms with Gasteiger partial charge in [0.15, 0.2) is 0 Å². The second-order valence-electron chi connectivity index (χ2n) is 5.00. The topological polar surface area (TPSA) is 42.2 Å². The highest BCUT2D eigenvalue weighted by Gasteiger charge is 2.18. The fourth-order valence-corrected chi connectivity index (χ4v) is 2.60. The van der Waals surface area contributed by atoms with Crippen molar-refractivity contribution in [2.24, 2.45) is 11.1 Å². The molecule has 2 N–H and O–H groups in total. The third-order valence-corrected chi connectivity index (χ3v) is 3.24. The summed E-state index contributed by atoms with van der Waals surface area (Å²) in [7, 11) is 4.15. The van der Waals surface area contributed by atoms with Gasteiger partial charge < -0.3 is 10.6 Å². The van der Waals surface area contributed by atoms with Crippen LogP contribution in [0.3, 0.4) is 0 Å². The lowest BCUT2D eigenvalue weighted by Crippen LogP contribution is -2.25. The predicted molar refractivity (Wildman–Crippen MR) is 66.0 cm³/mol. The zero-order valence-electron chi connectivity index (χ0n) is 10.1. The zero-order chi connectivity index (χ0) is 11.5. The Labute approximate surface area is 96.3 Å². The summed E-state index contributed by atoms with van der Waals surface area (Å²) >= 11 is 1.80. The number of nitrogens with two attached hydrogens (primary N) is 1. The highest BCUT2D eigenvalue weighted by molar-refractivity contribution is 7.11. The zero-order valence-corrected chi connectivity index (χ0v) is 10.9. The lowest BCUT2D eigenvalue weighted by Gasteiger charge is -2.20. The summed E-state index contributed by atoms with van der Waals surface area (Å²) in [6, 6.07) is 0. The summed E-state index contributed by atoms with van der Waals surface area (Å²) in [5.74, 6) is 0. The Morgan fingerprint density at radius 3 is 2.67 bits per heavy atom. The molecule has 1 aromatic rings. The molecule has 0 aromatic carbocycles. The van der Waals surface area contributed by atoms with Gasteiger partial charge in [0.2, 0.25) is 0 Å². The molecule has 0 atom stereocenters. The minimum Gasteiger partial charge on any atom is -0.330 e. The van der Waals surface area contributed by atoms with E-state index in [1.165, 1.54) is 9.88 Å². The Kier molecular flexibility index (Phi) is 4.25. The molecule has 0 saturated carbocycles. The van der Waals surface area contributed by atoms with E-state index in [0.29, 0.717) is 6.54 Å². The lowest BCUT2D eigenvalue weighted by atomic mass is 9.90. The Hall–Kier alpha value is -0.450. The number of rotatable bonds is 5. The van der Waals surface area contributed by atoms with Gasteiger partial charge in [0.1, 0.15) is 0 Å². The summed E-state index contributed by atoms with van der Waals surface area (Å²) < 4.78 is 0. The Bertz CT molecular complexity index is 305. The summed E-state index contributed by atoms with van der Waals surface area (Å²) in [5.41, 5.74) is 5.87. The quantitative estimate of drug-likeness (QED) is 0.833. The molecule has 0 fully saturated rings. The van der Waals surface area contributed by atoms with Gasteiger partial charge in [0, 0.05) is 24.0 Å². The smallest absolute Gasteiger partial charge is 0.0934 e. The standard InChI is InChI=1S/C11H21N3S/c1-11(2,8-12)5-10-13-6-9(15-10)7-14(3)4/h6H,5,7-8,12H2,1-4H3. The molecule has 0 unspecified atom stereocenters. The van der Waals surface area contributed by atoms with Gasteiger partial charge in [-0.25, -0.2) is 4.98 Å². The average molecular weight is 227 g/mol. The summed E-state index contributed by atoms with van der Waals surface area (Å²) in [6.07, 6.45) is 2.95. The molecule has 0 aliphatic heterocycles. The van der Waals surface area contributed by atoms with E-state index in [9.17, 15) is 0 Å². The van der Waals surface area contributed by atoms with Crippen LogP contribution in [-0.4, -0.2) is 30.5 Å². The van der Waals surface area contributed by atoms with Crippen molar-refractivity contribution in [3.8, 4) is 0 Å². The van der Waals surface area contributed by atoms with Gasteiger partial charge in [0.05, 0.1) is 5.01 Å². The van der Waals surface area contributed by atoms with E-state index >= 15 is 0 Å². The maximum atomic E-state index is 5.71. The molecule has 3 nitrogen and oxygen atoms in total. The molecule has 86 valence electrons. The Morgan fingerprint density at radius 1 is 1.47 bits per heavy atom. The maximum absolute atomic E-state index is 5.71. The molecule has 15 heavy (non-hydrogen) atoms. The Balaban J connectivity index is 2.60. The van der Waals surface area contributed by atoms with Crippen molar-refractivity contribution in [3.63, 3.8) is 0 Å². The van der Waals surface area contributed by atoms with Gasteiger partial charge in [-0.15, -0.1) is 11.3 Å². The van der Waals surface area contributed by atoms with Crippen LogP contribution in [0.15, 0.2) is 6.20 Å². The second kappa shape index (κ2) is 5.05. The minimum absolute atomic E-state index is 0.160. The van der Waals surface area contributed by atoms with Crippen LogP contribution in [0, 0.1) is 5.41 Å². The molecule has 0 bridgehead atoms. The number of nitrogens with zero attached hydrogens (tertiary/aromatic N) is 2. The number of thiazole rings is 1. The largest absolute Gasteiger partial charge is 0.330 e. The molecule has 0 amide bonds. The van der Waals surface area contributed by atoms with E-state index < -0.39 is 0 Å². The summed E-state index contributed by atoms with van der Waals surface area (Å²) in [4.78, 5) is 7.92. The van der Waals surface area contributed by atoms with Crippen LogP contribution < -0.4 is 5.73 Å². The molecule has 0 radical (unpaired) electrons. The average Bonchev–Trinajstić information content (AvgIpc) is 2.50. The van der Waals surface area contributed by atoms with Crippen molar-refractivity contribution in [2.75, 3.05) is 20.6 Å². The Morgan fingerprint density at radius 2 is 2.13 bits per heavy atom. The fourth-order valence-electron chi connectivity index (χ4n) is 1.30. The lowest BCUT2D eigenvalue weighted by molar-refractivity contribution is 0.376. The fraction of sp³-hybridized carbons (Fsp3) is 0.727. The van der Waals surface area contributed by atoms with Crippen molar-refractivity contribution in [2.45, 2.75) is 26.8 Å². The van der Waals surface area contributed by atoms with Crippen molar-refractivity contribution in [1.82, 2.24) is 9.88 Å². The normalized spacial score (nSPS) is 12.4. The van der Waals surface area contributed by atoms with Crippen molar-refractivity contribution < 1.29 is 0 Å². The highest BCUT2D eigenvalue weighted by Crippen LogP contribution is 2.24. The monoisotopic (exact) mass is 227 g/mol. The van der Waals surface area contributed by atoms with Crippen LogP contribution in [0.2, 0.25) is 0 Å². The molecule has 0 spiro atoms. The molecular weight excluding hydrogens is 206 g/mol. The van der Waals surface area contributed by atoms with Crippen molar-refractivity contribution in [3.05, 3.63) is 16.1 Å². The van der Waals surface area contributed by atoms with E-state index in [0.717, 1.165) is 13.0 Å². The van der Waals surface area contributed by atoms with E-state index in [2.05, 4.69) is 37.8 Å². The van der Waals surface area contributed by atoms with Crippen LogP contribution >= 0.6 is 11.3 Å². The number of aromatic nitrogens is 1. The van der Waals surface area contributed by atoms with Crippen molar-refractivity contribution in [1.29, 1.82) is 0 Å². The van der Waals surface area contributed by atoms with Gasteiger partial charge in [-0.3, -0.25) is 0 Å². The van der Waals surface area contributed by atoms with Crippen molar-refractivity contribution >= 4 is 11.3 Å². The first kappa shape index (κ1) is 12.6. The van der Waals surface area contributed by atoms with Gasteiger partial charge >= 0.3 is 0 Å². The highest BCUT2D eigenvalue weighted by atomic mass is 32.1. The molecule has 1 aromatic heterocycles. The van der Waals surface area contributed by atoms with Crippen LogP contribution in [-0.2, 0) is 13.0 Å². The van der Waals surface area contributed by atoms with Crippen LogP contribution in [0.4, 0.5) is 0 Å². The molecule has 0 saturated heterocycles. The van der Waals surface area contributed by atoms with E-state index in [1.807, 2.05) is 6.20 Å². The van der Waals surface area contributed by atoms with E-state index in [-0.39, 0.29) is 5.41 Å². The first-order valence-electron chi connectivity index (χ1n) is 5.21. The molecule has 0 aliphatic rings. The van der Waals surface area contributed by atoms with E-state index in [1.54, 1.807) is 11.3 Å².